The predicted molar refractivity (Wildman–Crippen MR) is 67.1 cm³/mol. The predicted octanol–water partition coefficient (Wildman–Crippen LogP) is 2.69. The number of hydrogen-bond donors (Lipinski definition) is 2. The highest BCUT2D eigenvalue weighted by Gasteiger charge is 2.58. The molecule has 0 aliphatic heterocycles. The summed E-state index contributed by atoms with van der Waals surface area (Å²) in [5.41, 5.74) is 7.92. The molecule has 2 nitrogen and oxygen atoms in total. The molecule has 4 saturated carbocycles. The molecule has 16 heavy (non-hydrogen) atoms. The smallest absolute Gasteiger partial charge is 0.0402 e. The molecule has 2 heteroatoms. The number of aliphatic hydroxyl groups excluding tert-OH is 1. The van der Waals surface area contributed by atoms with Crippen molar-refractivity contribution >= 4 is 0 Å². The third kappa shape index (κ3) is 2.14. The molecule has 0 heterocycles. The summed E-state index contributed by atoms with van der Waals surface area (Å²) in [5, 5.41) is 7.57. The van der Waals surface area contributed by atoms with Gasteiger partial charge in [-0.05, 0) is 62.2 Å². The van der Waals surface area contributed by atoms with Crippen LogP contribution in [0.25, 0.3) is 0 Å². The average molecular weight is 225 g/mol. The van der Waals surface area contributed by atoms with Crippen molar-refractivity contribution in [2.24, 2.45) is 22.5 Å². The van der Waals surface area contributed by atoms with E-state index in [9.17, 15) is 0 Å². The highest BCUT2D eigenvalue weighted by molar-refractivity contribution is 5.12. The van der Waals surface area contributed by atoms with Gasteiger partial charge in [-0.1, -0.05) is 13.8 Å². The van der Waals surface area contributed by atoms with Gasteiger partial charge >= 0.3 is 0 Å². The zero-order valence-electron chi connectivity index (χ0n) is 11.1. The Bertz CT molecular complexity index is 225. The van der Waals surface area contributed by atoms with Crippen LogP contribution in [0.1, 0.15) is 59.3 Å². The first-order valence-electron chi connectivity index (χ1n) is 6.72. The van der Waals surface area contributed by atoms with Crippen LogP contribution in [0.5, 0.6) is 0 Å². The van der Waals surface area contributed by atoms with Crippen LogP contribution in [0.15, 0.2) is 0 Å². The third-order valence-electron chi connectivity index (χ3n) is 4.67. The van der Waals surface area contributed by atoms with E-state index >= 15 is 0 Å². The van der Waals surface area contributed by atoms with Gasteiger partial charge in [0.15, 0.2) is 0 Å². The zero-order valence-corrected chi connectivity index (χ0v) is 11.1. The fourth-order valence-electron chi connectivity index (χ4n) is 5.54. The van der Waals surface area contributed by atoms with Crippen LogP contribution >= 0.6 is 0 Å². The van der Waals surface area contributed by atoms with Crippen LogP contribution in [0.4, 0.5) is 0 Å². The maximum Gasteiger partial charge on any atom is 0.0402 e. The van der Waals surface area contributed by atoms with Gasteiger partial charge in [0.05, 0.1) is 0 Å². The zero-order chi connectivity index (χ0) is 12.0. The summed E-state index contributed by atoms with van der Waals surface area (Å²) in [4.78, 5) is 0. The summed E-state index contributed by atoms with van der Waals surface area (Å²) < 4.78 is 0. The Morgan fingerprint density at radius 1 is 1.06 bits per heavy atom. The van der Waals surface area contributed by atoms with E-state index in [1.807, 2.05) is 0 Å². The number of rotatable bonds is 0. The Hall–Kier alpha value is -0.0800. The van der Waals surface area contributed by atoms with Crippen molar-refractivity contribution in [3.8, 4) is 0 Å². The van der Waals surface area contributed by atoms with Gasteiger partial charge in [-0.3, -0.25) is 0 Å². The molecule has 2 atom stereocenters. The molecule has 4 aliphatic rings. The summed E-state index contributed by atoms with van der Waals surface area (Å²) in [6.45, 7) is 6.87. The summed E-state index contributed by atoms with van der Waals surface area (Å²) >= 11 is 0. The van der Waals surface area contributed by atoms with E-state index in [2.05, 4.69) is 13.8 Å². The van der Waals surface area contributed by atoms with Gasteiger partial charge in [-0.25, -0.2) is 0 Å². The Morgan fingerprint density at radius 3 is 1.81 bits per heavy atom. The molecule has 4 rings (SSSR count). The van der Waals surface area contributed by atoms with Gasteiger partial charge in [0.25, 0.3) is 0 Å². The van der Waals surface area contributed by atoms with E-state index in [1.165, 1.54) is 38.5 Å². The summed E-state index contributed by atoms with van der Waals surface area (Å²) in [5.74, 6) is 0.955. The van der Waals surface area contributed by atoms with E-state index in [0.29, 0.717) is 10.8 Å². The van der Waals surface area contributed by atoms with Crippen LogP contribution in [0.2, 0.25) is 0 Å². The van der Waals surface area contributed by atoms with Crippen molar-refractivity contribution in [3.05, 3.63) is 0 Å². The Balaban J connectivity index is 0.000000292. The normalized spacial score (nSPS) is 53.4. The largest absolute Gasteiger partial charge is 0.397 e. The van der Waals surface area contributed by atoms with Crippen LogP contribution in [0, 0.1) is 16.7 Å². The minimum atomic E-state index is 0.225. The maximum atomic E-state index is 7.57. The van der Waals surface area contributed by atoms with Crippen LogP contribution in [-0.4, -0.2) is 17.3 Å². The van der Waals surface area contributed by atoms with Gasteiger partial charge in [0, 0.05) is 12.1 Å². The van der Waals surface area contributed by atoms with Crippen LogP contribution < -0.4 is 5.73 Å². The van der Waals surface area contributed by atoms with Crippen molar-refractivity contribution in [1.82, 2.24) is 0 Å². The lowest BCUT2D eigenvalue weighted by Gasteiger charge is -2.64. The van der Waals surface area contributed by atoms with E-state index in [0.717, 1.165) is 5.92 Å². The van der Waals surface area contributed by atoms with Gasteiger partial charge in [0.1, 0.15) is 0 Å². The lowest BCUT2D eigenvalue weighted by atomic mass is 9.43. The molecule has 4 fully saturated rings. The molecular weight excluding hydrogens is 198 g/mol. The van der Waals surface area contributed by atoms with Gasteiger partial charge < -0.3 is 10.8 Å². The summed E-state index contributed by atoms with van der Waals surface area (Å²) in [6, 6.07) is 0. The molecule has 0 saturated heterocycles. The molecule has 0 radical (unpaired) electrons. The quantitative estimate of drug-likeness (QED) is 0.666. The first kappa shape index (κ1) is 12.4. The fourth-order valence-corrected chi connectivity index (χ4v) is 5.54. The van der Waals surface area contributed by atoms with Gasteiger partial charge in [-0.2, -0.15) is 0 Å². The summed E-state index contributed by atoms with van der Waals surface area (Å²) in [7, 11) is 0. The van der Waals surface area contributed by atoms with Crippen LogP contribution in [-0.2, 0) is 0 Å². The molecule has 0 aromatic heterocycles. The molecule has 0 aromatic rings. The molecule has 2 unspecified atom stereocenters. The van der Waals surface area contributed by atoms with Crippen molar-refractivity contribution < 1.29 is 5.11 Å². The van der Waals surface area contributed by atoms with E-state index in [4.69, 9.17) is 10.8 Å². The topological polar surface area (TPSA) is 46.2 Å². The van der Waals surface area contributed by atoms with Crippen molar-refractivity contribution in [3.63, 3.8) is 0 Å². The standard InChI is InChI=1S/C12H21N.C2H6O/c1-10-3-9-4-11(2,6-10)8-12(13,5-9)7-10;1-2-3/h9H,3-8,13H2,1-2H3;3H,2H2,1H3. The SMILES string of the molecule is CC12CC3CC(C)(C1)CC(N)(C3)C2.CCO. The highest BCUT2D eigenvalue weighted by atomic mass is 16.2. The molecule has 94 valence electrons. The van der Waals surface area contributed by atoms with E-state index in [-0.39, 0.29) is 12.1 Å². The highest BCUT2D eigenvalue weighted by Crippen LogP contribution is 2.65. The number of nitrogens with two attached hydrogens (primary N) is 1. The van der Waals surface area contributed by atoms with Gasteiger partial charge in [0.2, 0.25) is 0 Å². The Kier molecular flexibility index (Phi) is 2.87. The molecule has 0 amide bonds. The fraction of sp³-hybridized carbons (Fsp3) is 1.00. The molecular formula is C14H27NO. The first-order chi connectivity index (χ1) is 7.32. The van der Waals surface area contributed by atoms with Crippen molar-refractivity contribution in [2.45, 2.75) is 64.8 Å². The monoisotopic (exact) mass is 225 g/mol. The second-order valence-electron chi connectivity index (χ2n) is 7.31. The maximum absolute atomic E-state index is 7.57. The van der Waals surface area contributed by atoms with E-state index in [1.54, 1.807) is 6.92 Å². The lowest BCUT2D eigenvalue weighted by molar-refractivity contribution is -0.104. The second kappa shape index (κ2) is 3.71. The average Bonchev–Trinajstić information content (AvgIpc) is 1.93. The number of hydrogen-bond acceptors (Lipinski definition) is 2. The Labute approximate surface area is 99.6 Å². The molecule has 0 spiro atoms. The van der Waals surface area contributed by atoms with Gasteiger partial charge in [-0.15, -0.1) is 0 Å². The molecule has 3 N–H and O–H groups in total. The number of aliphatic hydroxyl groups is 1. The van der Waals surface area contributed by atoms with Crippen molar-refractivity contribution in [2.75, 3.05) is 6.61 Å². The van der Waals surface area contributed by atoms with Crippen LogP contribution in [0.3, 0.4) is 0 Å². The molecule has 4 bridgehead atoms. The van der Waals surface area contributed by atoms with E-state index < -0.39 is 0 Å². The first-order valence-corrected chi connectivity index (χ1v) is 6.72. The lowest BCUT2D eigenvalue weighted by Crippen LogP contribution is -2.62. The third-order valence-corrected chi connectivity index (χ3v) is 4.67. The minimum Gasteiger partial charge on any atom is -0.397 e. The minimum absolute atomic E-state index is 0.225. The second-order valence-corrected chi connectivity index (χ2v) is 7.31. The molecule has 4 aliphatic carbocycles. The Morgan fingerprint density at radius 2 is 1.50 bits per heavy atom. The summed E-state index contributed by atoms with van der Waals surface area (Å²) in [6.07, 6.45) is 8.27. The molecule has 0 aromatic carbocycles. The van der Waals surface area contributed by atoms with Crippen molar-refractivity contribution in [1.29, 1.82) is 0 Å².